The number of nitrogens with two attached hydrogens (primary N) is 1. The molecule has 1 aliphatic carbocycles. The lowest BCUT2D eigenvalue weighted by molar-refractivity contribution is -0.123. The second-order valence-electron chi connectivity index (χ2n) is 4.19. The summed E-state index contributed by atoms with van der Waals surface area (Å²) in [6.45, 7) is 0.403. The van der Waals surface area contributed by atoms with E-state index < -0.39 is 0 Å². The highest BCUT2D eigenvalue weighted by Gasteiger charge is 2.59. The molecule has 82 valence electrons. The predicted molar refractivity (Wildman–Crippen MR) is 56.2 cm³/mol. The Bertz CT molecular complexity index is 449. The molecule has 1 aromatic heterocycles. The minimum atomic E-state index is -0.108. The lowest BCUT2D eigenvalue weighted by Gasteiger charge is -2.15. The van der Waals surface area contributed by atoms with E-state index in [9.17, 15) is 9.59 Å². The van der Waals surface area contributed by atoms with E-state index in [4.69, 9.17) is 5.73 Å². The Morgan fingerprint density at radius 2 is 2.00 bits per heavy atom. The first-order valence-electron chi connectivity index (χ1n) is 5.25. The molecule has 2 unspecified atom stereocenters. The number of imide groups is 1. The minimum Gasteiger partial charge on any atom is -0.326 e. The zero-order valence-corrected chi connectivity index (χ0v) is 8.59. The number of amides is 2. The van der Waals surface area contributed by atoms with Crippen LogP contribution in [0.25, 0.3) is 0 Å². The quantitative estimate of drug-likeness (QED) is 0.710. The summed E-state index contributed by atoms with van der Waals surface area (Å²) in [5, 5.41) is 0. The molecule has 2 amide bonds. The van der Waals surface area contributed by atoms with Crippen molar-refractivity contribution in [3.05, 3.63) is 23.9 Å². The molecule has 0 aromatic carbocycles. The van der Waals surface area contributed by atoms with Crippen LogP contribution in [0.1, 0.15) is 12.0 Å². The van der Waals surface area contributed by atoms with Crippen molar-refractivity contribution in [2.75, 3.05) is 4.90 Å². The summed E-state index contributed by atoms with van der Waals surface area (Å²) in [5.41, 5.74) is 6.33. The first-order valence-corrected chi connectivity index (χ1v) is 5.25. The normalized spacial score (nSPS) is 27.2. The third-order valence-corrected chi connectivity index (χ3v) is 3.14. The van der Waals surface area contributed by atoms with E-state index in [0.29, 0.717) is 12.4 Å². The van der Waals surface area contributed by atoms with Gasteiger partial charge in [0.2, 0.25) is 11.8 Å². The molecule has 1 aromatic rings. The van der Waals surface area contributed by atoms with Crippen molar-refractivity contribution in [3.8, 4) is 0 Å². The van der Waals surface area contributed by atoms with E-state index in [-0.39, 0.29) is 23.7 Å². The van der Waals surface area contributed by atoms with Crippen LogP contribution in [0.15, 0.2) is 18.3 Å². The lowest BCUT2D eigenvalue weighted by atomic mass is 10.3. The molecule has 5 heteroatoms. The van der Waals surface area contributed by atoms with E-state index in [1.807, 2.05) is 0 Å². The van der Waals surface area contributed by atoms with Crippen molar-refractivity contribution in [1.29, 1.82) is 0 Å². The van der Waals surface area contributed by atoms with Crippen molar-refractivity contribution in [2.45, 2.75) is 13.0 Å². The van der Waals surface area contributed by atoms with Crippen LogP contribution >= 0.6 is 0 Å². The topological polar surface area (TPSA) is 76.3 Å². The summed E-state index contributed by atoms with van der Waals surface area (Å²) < 4.78 is 0. The van der Waals surface area contributed by atoms with Crippen molar-refractivity contribution in [1.82, 2.24) is 4.98 Å². The zero-order chi connectivity index (χ0) is 11.3. The van der Waals surface area contributed by atoms with Gasteiger partial charge >= 0.3 is 0 Å². The molecule has 5 nitrogen and oxygen atoms in total. The van der Waals surface area contributed by atoms with Crippen LogP contribution < -0.4 is 10.6 Å². The number of rotatable bonds is 2. The molecule has 0 radical (unpaired) electrons. The van der Waals surface area contributed by atoms with Gasteiger partial charge in [-0.3, -0.25) is 9.59 Å². The van der Waals surface area contributed by atoms with Gasteiger partial charge in [-0.25, -0.2) is 9.88 Å². The fraction of sp³-hybridized carbons (Fsp3) is 0.364. The van der Waals surface area contributed by atoms with Crippen LogP contribution in [0.2, 0.25) is 0 Å². The highest BCUT2D eigenvalue weighted by Crippen LogP contribution is 2.47. The molecule has 1 saturated heterocycles. The summed E-state index contributed by atoms with van der Waals surface area (Å²) in [6.07, 6.45) is 2.31. The molecule has 2 aliphatic rings. The number of fused-ring (bicyclic) bond motifs is 1. The average Bonchev–Trinajstić information content (AvgIpc) is 3.05. The number of piperidine rings is 1. The van der Waals surface area contributed by atoms with Crippen LogP contribution in [0.3, 0.4) is 0 Å². The van der Waals surface area contributed by atoms with Crippen molar-refractivity contribution < 1.29 is 9.59 Å². The van der Waals surface area contributed by atoms with E-state index >= 15 is 0 Å². The second-order valence-corrected chi connectivity index (χ2v) is 4.19. The summed E-state index contributed by atoms with van der Waals surface area (Å²) in [7, 11) is 0. The van der Waals surface area contributed by atoms with Gasteiger partial charge in [0.25, 0.3) is 0 Å². The van der Waals surface area contributed by atoms with Gasteiger partial charge in [-0.1, -0.05) is 6.07 Å². The van der Waals surface area contributed by atoms with E-state index in [1.165, 1.54) is 4.90 Å². The van der Waals surface area contributed by atoms with E-state index in [2.05, 4.69) is 4.98 Å². The molecule has 2 heterocycles. The van der Waals surface area contributed by atoms with Gasteiger partial charge in [-0.2, -0.15) is 0 Å². The second kappa shape index (κ2) is 3.12. The fourth-order valence-corrected chi connectivity index (χ4v) is 2.08. The van der Waals surface area contributed by atoms with Gasteiger partial charge in [-0.15, -0.1) is 0 Å². The maximum absolute atomic E-state index is 11.8. The predicted octanol–water partition coefficient (Wildman–Crippen LogP) is 0.0496. The molecule has 2 atom stereocenters. The Morgan fingerprint density at radius 3 is 2.50 bits per heavy atom. The molecular formula is C11H11N3O2. The fourth-order valence-electron chi connectivity index (χ4n) is 2.08. The standard InChI is InChI=1S/C11H11N3O2/c12-4-6-1-2-9(13-5-6)14-10(15)7-3-8(7)11(14)16/h1-2,5,7-8H,3-4,12H2. The zero-order valence-electron chi connectivity index (χ0n) is 8.59. The van der Waals surface area contributed by atoms with Gasteiger partial charge in [0.15, 0.2) is 0 Å². The number of anilines is 1. The summed E-state index contributed by atoms with van der Waals surface area (Å²) >= 11 is 0. The summed E-state index contributed by atoms with van der Waals surface area (Å²) in [5.74, 6) is 0.0392. The molecular weight excluding hydrogens is 206 g/mol. The van der Waals surface area contributed by atoms with Gasteiger partial charge in [0.05, 0.1) is 11.8 Å². The average molecular weight is 217 g/mol. The van der Waals surface area contributed by atoms with E-state index in [0.717, 1.165) is 12.0 Å². The highest BCUT2D eigenvalue weighted by molar-refractivity contribution is 6.24. The molecule has 0 bridgehead atoms. The maximum Gasteiger partial charge on any atom is 0.238 e. The van der Waals surface area contributed by atoms with Gasteiger partial charge in [0.1, 0.15) is 5.82 Å². The van der Waals surface area contributed by atoms with Crippen molar-refractivity contribution in [2.24, 2.45) is 17.6 Å². The van der Waals surface area contributed by atoms with Crippen molar-refractivity contribution >= 4 is 17.6 Å². The summed E-state index contributed by atoms with van der Waals surface area (Å²) in [6, 6.07) is 3.45. The third kappa shape index (κ3) is 1.18. The Hall–Kier alpha value is -1.75. The number of carbonyl (C=O) groups excluding carboxylic acids is 2. The van der Waals surface area contributed by atoms with Crippen LogP contribution in [0, 0.1) is 11.8 Å². The number of pyridine rings is 1. The Balaban J connectivity index is 1.92. The number of nitrogens with zero attached hydrogens (tertiary/aromatic N) is 2. The van der Waals surface area contributed by atoms with Crippen LogP contribution in [-0.2, 0) is 16.1 Å². The first kappa shape index (κ1) is 9.47. The Morgan fingerprint density at radius 1 is 1.31 bits per heavy atom. The lowest BCUT2D eigenvalue weighted by Crippen LogP contribution is -2.33. The van der Waals surface area contributed by atoms with E-state index in [1.54, 1.807) is 18.3 Å². The largest absolute Gasteiger partial charge is 0.326 e. The highest BCUT2D eigenvalue weighted by atomic mass is 16.2. The molecule has 16 heavy (non-hydrogen) atoms. The Kier molecular flexibility index (Phi) is 1.85. The molecule has 2 fully saturated rings. The van der Waals surface area contributed by atoms with Gasteiger partial charge < -0.3 is 5.73 Å². The monoisotopic (exact) mass is 217 g/mol. The van der Waals surface area contributed by atoms with Crippen LogP contribution in [0.5, 0.6) is 0 Å². The number of hydrogen-bond acceptors (Lipinski definition) is 4. The molecule has 1 saturated carbocycles. The third-order valence-electron chi connectivity index (χ3n) is 3.14. The smallest absolute Gasteiger partial charge is 0.238 e. The van der Waals surface area contributed by atoms with Gasteiger partial charge in [-0.05, 0) is 18.1 Å². The molecule has 0 spiro atoms. The van der Waals surface area contributed by atoms with Crippen LogP contribution in [-0.4, -0.2) is 16.8 Å². The number of hydrogen-bond donors (Lipinski definition) is 1. The molecule has 3 rings (SSSR count). The Labute approximate surface area is 92.3 Å². The maximum atomic E-state index is 11.8. The summed E-state index contributed by atoms with van der Waals surface area (Å²) in [4.78, 5) is 28.8. The van der Waals surface area contributed by atoms with Crippen LogP contribution in [0.4, 0.5) is 5.82 Å². The molecule has 2 N–H and O–H groups in total. The number of carbonyl (C=O) groups is 2. The SMILES string of the molecule is NCc1ccc(N2C(=O)C3CC3C2=O)nc1. The van der Waals surface area contributed by atoms with Gasteiger partial charge in [0, 0.05) is 12.7 Å². The first-order chi connectivity index (χ1) is 7.72. The molecule has 1 aliphatic heterocycles. The number of aromatic nitrogens is 1. The van der Waals surface area contributed by atoms with Crippen molar-refractivity contribution in [3.63, 3.8) is 0 Å². The minimum absolute atomic E-state index is 0.0801.